The van der Waals surface area contributed by atoms with Gasteiger partial charge in [0.25, 0.3) is 5.91 Å². The van der Waals surface area contributed by atoms with Crippen molar-refractivity contribution in [3.05, 3.63) is 34.9 Å². The molecule has 1 amide bonds. The Bertz CT molecular complexity index is 410. The van der Waals surface area contributed by atoms with Crippen molar-refractivity contribution in [2.24, 2.45) is 0 Å². The highest BCUT2D eigenvalue weighted by Gasteiger charge is 2.26. The summed E-state index contributed by atoms with van der Waals surface area (Å²) in [6.45, 7) is 4.04. The molecule has 1 aliphatic carbocycles. The smallest absolute Gasteiger partial charge is 0.251 e. The minimum absolute atomic E-state index is 0.0492. The van der Waals surface area contributed by atoms with Crippen molar-refractivity contribution in [2.75, 3.05) is 0 Å². The minimum atomic E-state index is 0.0492. The van der Waals surface area contributed by atoms with Crippen LogP contribution in [0.2, 0.25) is 0 Å². The Labute approximate surface area is 111 Å². The van der Waals surface area contributed by atoms with Gasteiger partial charge in [0, 0.05) is 16.4 Å². The Morgan fingerprint density at radius 1 is 1.24 bits per heavy atom. The molecule has 2 rings (SSSR count). The standard InChI is InChI=1S/C14H18BrNO/c1-9-6-10(2)8-11(7-9)14(17)16-13-5-3-4-12(13)15/h6-8,12-13H,3-5H2,1-2H3,(H,16,17). The number of hydrogen-bond donors (Lipinski definition) is 1. The molecule has 92 valence electrons. The number of benzene rings is 1. The summed E-state index contributed by atoms with van der Waals surface area (Å²) in [5.74, 6) is 0.0492. The average Bonchev–Trinajstić information content (AvgIpc) is 2.63. The van der Waals surface area contributed by atoms with E-state index in [2.05, 4.69) is 27.3 Å². The Morgan fingerprint density at radius 2 is 1.88 bits per heavy atom. The van der Waals surface area contributed by atoms with Gasteiger partial charge in [-0.1, -0.05) is 39.5 Å². The van der Waals surface area contributed by atoms with E-state index in [1.807, 2.05) is 26.0 Å². The third-order valence-electron chi connectivity index (χ3n) is 3.23. The molecule has 0 radical (unpaired) electrons. The van der Waals surface area contributed by atoms with E-state index in [1.165, 1.54) is 6.42 Å². The highest BCUT2D eigenvalue weighted by atomic mass is 79.9. The monoisotopic (exact) mass is 295 g/mol. The molecule has 0 bridgehead atoms. The topological polar surface area (TPSA) is 29.1 Å². The predicted molar refractivity (Wildman–Crippen MR) is 73.7 cm³/mol. The van der Waals surface area contributed by atoms with Crippen LogP contribution >= 0.6 is 15.9 Å². The molecule has 1 aromatic rings. The summed E-state index contributed by atoms with van der Waals surface area (Å²) in [4.78, 5) is 12.5. The second-order valence-electron chi connectivity index (χ2n) is 4.90. The third-order valence-corrected chi connectivity index (χ3v) is 4.33. The molecule has 2 nitrogen and oxygen atoms in total. The van der Waals surface area contributed by atoms with Crippen molar-refractivity contribution < 1.29 is 4.79 Å². The molecule has 0 aromatic heterocycles. The van der Waals surface area contributed by atoms with E-state index in [0.29, 0.717) is 4.83 Å². The molecule has 0 aliphatic heterocycles. The van der Waals surface area contributed by atoms with Crippen LogP contribution in [0, 0.1) is 13.8 Å². The van der Waals surface area contributed by atoms with Crippen molar-refractivity contribution in [2.45, 2.75) is 44.0 Å². The first kappa shape index (κ1) is 12.6. The van der Waals surface area contributed by atoms with Crippen LogP contribution in [-0.4, -0.2) is 16.8 Å². The summed E-state index contributed by atoms with van der Waals surface area (Å²) < 4.78 is 0. The largest absolute Gasteiger partial charge is 0.348 e. The number of rotatable bonds is 2. The SMILES string of the molecule is Cc1cc(C)cc(C(=O)NC2CCCC2Br)c1. The van der Waals surface area contributed by atoms with E-state index in [4.69, 9.17) is 0 Å². The first-order valence-corrected chi connectivity index (χ1v) is 7.01. The van der Waals surface area contributed by atoms with Gasteiger partial charge in [0.05, 0.1) is 0 Å². The molecular formula is C14H18BrNO. The maximum absolute atomic E-state index is 12.1. The molecular weight excluding hydrogens is 278 g/mol. The number of carbonyl (C=O) groups is 1. The van der Waals surface area contributed by atoms with E-state index >= 15 is 0 Å². The summed E-state index contributed by atoms with van der Waals surface area (Å²) in [6, 6.07) is 6.25. The molecule has 1 saturated carbocycles. The van der Waals surface area contributed by atoms with E-state index in [-0.39, 0.29) is 11.9 Å². The van der Waals surface area contributed by atoms with Gasteiger partial charge >= 0.3 is 0 Å². The normalized spacial score (nSPS) is 23.7. The van der Waals surface area contributed by atoms with Crippen molar-refractivity contribution in [1.29, 1.82) is 0 Å². The lowest BCUT2D eigenvalue weighted by Crippen LogP contribution is -2.37. The Morgan fingerprint density at radius 3 is 2.41 bits per heavy atom. The maximum Gasteiger partial charge on any atom is 0.251 e. The highest BCUT2D eigenvalue weighted by Crippen LogP contribution is 2.25. The zero-order valence-corrected chi connectivity index (χ0v) is 11.9. The Hall–Kier alpha value is -0.830. The Kier molecular flexibility index (Phi) is 3.87. The third kappa shape index (κ3) is 3.09. The van der Waals surface area contributed by atoms with Gasteiger partial charge in [-0.25, -0.2) is 0 Å². The first-order valence-electron chi connectivity index (χ1n) is 6.09. The number of carbonyl (C=O) groups excluding carboxylic acids is 1. The summed E-state index contributed by atoms with van der Waals surface area (Å²) >= 11 is 3.62. The number of halogens is 1. The van der Waals surface area contributed by atoms with Gasteiger partial charge in [-0.3, -0.25) is 4.79 Å². The van der Waals surface area contributed by atoms with E-state index in [9.17, 15) is 4.79 Å². The Balaban J connectivity index is 2.09. The molecule has 2 atom stereocenters. The zero-order valence-electron chi connectivity index (χ0n) is 10.3. The van der Waals surface area contributed by atoms with Crippen molar-refractivity contribution in [3.8, 4) is 0 Å². The van der Waals surface area contributed by atoms with Gasteiger partial charge in [-0.2, -0.15) is 0 Å². The molecule has 17 heavy (non-hydrogen) atoms. The lowest BCUT2D eigenvalue weighted by molar-refractivity contribution is 0.0939. The van der Waals surface area contributed by atoms with Crippen molar-refractivity contribution in [1.82, 2.24) is 5.32 Å². The quantitative estimate of drug-likeness (QED) is 0.833. The molecule has 1 aliphatic rings. The van der Waals surface area contributed by atoms with Crippen molar-refractivity contribution in [3.63, 3.8) is 0 Å². The molecule has 1 fully saturated rings. The van der Waals surface area contributed by atoms with Crippen LogP contribution in [0.15, 0.2) is 18.2 Å². The number of hydrogen-bond acceptors (Lipinski definition) is 1. The lowest BCUT2D eigenvalue weighted by Gasteiger charge is -2.16. The van der Waals surface area contributed by atoms with Gasteiger partial charge in [-0.15, -0.1) is 0 Å². The van der Waals surface area contributed by atoms with Gasteiger partial charge in [0.2, 0.25) is 0 Å². The van der Waals surface area contributed by atoms with Crippen LogP contribution in [-0.2, 0) is 0 Å². The summed E-state index contributed by atoms with van der Waals surface area (Å²) in [7, 11) is 0. The van der Waals surface area contributed by atoms with Crippen LogP contribution in [0.3, 0.4) is 0 Å². The molecule has 0 saturated heterocycles. The average molecular weight is 296 g/mol. The summed E-state index contributed by atoms with van der Waals surface area (Å²) in [5, 5.41) is 3.11. The van der Waals surface area contributed by atoms with E-state index in [1.54, 1.807) is 0 Å². The first-order chi connectivity index (χ1) is 8.06. The van der Waals surface area contributed by atoms with Crippen LogP contribution in [0.25, 0.3) is 0 Å². The van der Waals surface area contributed by atoms with E-state index < -0.39 is 0 Å². The highest BCUT2D eigenvalue weighted by molar-refractivity contribution is 9.09. The molecule has 3 heteroatoms. The van der Waals surface area contributed by atoms with Crippen LogP contribution in [0.1, 0.15) is 40.7 Å². The fourth-order valence-electron chi connectivity index (χ4n) is 2.43. The minimum Gasteiger partial charge on any atom is -0.348 e. The van der Waals surface area contributed by atoms with Gasteiger partial charge < -0.3 is 5.32 Å². The zero-order chi connectivity index (χ0) is 12.4. The number of aryl methyl sites for hydroxylation is 2. The molecule has 2 unspecified atom stereocenters. The number of nitrogens with one attached hydrogen (secondary N) is 1. The fourth-order valence-corrected chi connectivity index (χ4v) is 3.16. The summed E-state index contributed by atoms with van der Waals surface area (Å²) in [5.41, 5.74) is 3.04. The lowest BCUT2D eigenvalue weighted by atomic mass is 10.1. The van der Waals surface area contributed by atoms with Gasteiger partial charge in [0.1, 0.15) is 0 Å². The molecule has 1 N–H and O–H groups in total. The molecule has 0 heterocycles. The van der Waals surface area contributed by atoms with E-state index in [0.717, 1.165) is 29.5 Å². The van der Waals surface area contributed by atoms with Gasteiger partial charge in [-0.05, 0) is 38.8 Å². The fraction of sp³-hybridized carbons (Fsp3) is 0.500. The maximum atomic E-state index is 12.1. The molecule has 0 spiro atoms. The van der Waals surface area contributed by atoms with Crippen molar-refractivity contribution >= 4 is 21.8 Å². The van der Waals surface area contributed by atoms with Gasteiger partial charge in [0.15, 0.2) is 0 Å². The number of alkyl halides is 1. The molecule has 1 aromatic carbocycles. The second kappa shape index (κ2) is 5.21. The van der Waals surface area contributed by atoms with Crippen LogP contribution in [0.4, 0.5) is 0 Å². The van der Waals surface area contributed by atoms with Crippen LogP contribution < -0.4 is 5.32 Å². The predicted octanol–water partition coefficient (Wildman–Crippen LogP) is 3.35. The summed E-state index contributed by atoms with van der Waals surface area (Å²) in [6.07, 6.45) is 3.41. The van der Waals surface area contributed by atoms with Crippen LogP contribution in [0.5, 0.6) is 0 Å². The second-order valence-corrected chi connectivity index (χ2v) is 6.08. The number of amides is 1.